The van der Waals surface area contributed by atoms with Crippen LogP contribution in [-0.4, -0.2) is 15.0 Å². The molecular weight excluding hydrogens is 303 g/mol. The van der Waals surface area contributed by atoms with E-state index < -0.39 is 5.82 Å². The Hall–Kier alpha value is -2.71. The standard InChI is InChI=1S/C16H10ClFN4/c1-10-2-4-11(5-3-10)16-15(9-19)20-21-22(16)12-6-7-14(18)13(17)8-12/h2-8H,1H3. The summed E-state index contributed by atoms with van der Waals surface area (Å²) in [4.78, 5) is 0. The van der Waals surface area contributed by atoms with Gasteiger partial charge in [0, 0.05) is 5.56 Å². The summed E-state index contributed by atoms with van der Waals surface area (Å²) in [5.74, 6) is -0.511. The number of hydrogen-bond donors (Lipinski definition) is 0. The molecule has 2 aromatic carbocycles. The molecule has 0 amide bonds. The first-order valence-electron chi connectivity index (χ1n) is 6.48. The highest BCUT2D eigenvalue weighted by atomic mass is 35.5. The Bertz CT molecular complexity index is 878. The molecule has 0 aliphatic rings. The third kappa shape index (κ3) is 2.45. The van der Waals surface area contributed by atoms with E-state index in [4.69, 9.17) is 11.6 Å². The van der Waals surface area contributed by atoms with Crippen molar-refractivity contribution in [2.24, 2.45) is 0 Å². The fraction of sp³-hybridized carbons (Fsp3) is 0.0625. The molecule has 0 fully saturated rings. The van der Waals surface area contributed by atoms with Gasteiger partial charge >= 0.3 is 0 Å². The highest BCUT2D eigenvalue weighted by Crippen LogP contribution is 2.27. The molecule has 1 aromatic heterocycles. The SMILES string of the molecule is Cc1ccc(-c2c(C#N)nnn2-c2ccc(F)c(Cl)c2)cc1. The maximum absolute atomic E-state index is 13.3. The van der Waals surface area contributed by atoms with Crippen molar-refractivity contribution in [3.63, 3.8) is 0 Å². The summed E-state index contributed by atoms with van der Waals surface area (Å²) in [5, 5.41) is 17.1. The molecule has 6 heteroatoms. The van der Waals surface area contributed by atoms with E-state index in [9.17, 15) is 9.65 Å². The lowest BCUT2D eigenvalue weighted by molar-refractivity contribution is 0.627. The third-order valence-electron chi connectivity index (χ3n) is 3.25. The van der Waals surface area contributed by atoms with Crippen molar-refractivity contribution >= 4 is 11.6 Å². The number of halogens is 2. The van der Waals surface area contributed by atoms with Crippen molar-refractivity contribution in [1.29, 1.82) is 5.26 Å². The van der Waals surface area contributed by atoms with Gasteiger partial charge < -0.3 is 0 Å². The smallest absolute Gasteiger partial charge is 0.191 e. The van der Waals surface area contributed by atoms with Gasteiger partial charge in [-0.3, -0.25) is 0 Å². The van der Waals surface area contributed by atoms with Crippen LogP contribution in [0.15, 0.2) is 42.5 Å². The second kappa shape index (κ2) is 5.58. The predicted octanol–water partition coefficient (Wildman–Crippen LogP) is 3.91. The van der Waals surface area contributed by atoms with Gasteiger partial charge in [-0.1, -0.05) is 46.6 Å². The Morgan fingerprint density at radius 1 is 1.18 bits per heavy atom. The topological polar surface area (TPSA) is 54.5 Å². The highest BCUT2D eigenvalue weighted by molar-refractivity contribution is 6.30. The Labute approximate surface area is 131 Å². The van der Waals surface area contributed by atoms with E-state index in [0.717, 1.165) is 11.1 Å². The summed E-state index contributed by atoms with van der Waals surface area (Å²) in [7, 11) is 0. The van der Waals surface area contributed by atoms with Crippen molar-refractivity contribution < 1.29 is 4.39 Å². The van der Waals surface area contributed by atoms with Crippen molar-refractivity contribution in [2.75, 3.05) is 0 Å². The fourth-order valence-electron chi connectivity index (χ4n) is 2.13. The predicted molar refractivity (Wildman–Crippen MR) is 81.2 cm³/mol. The summed E-state index contributed by atoms with van der Waals surface area (Å²) in [5.41, 5.74) is 3.18. The molecule has 0 unspecified atom stereocenters. The minimum Gasteiger partial charge on any atom is -0.211 e. The van der Waals surface area contributed by atoms with Crippen LogP contribution in [0.5, 0.6) is 0 Å². The summed E-state index contributed by atoms with van der Waals surface area (Å²) < 4.78 is 14.8. The zero-order valence-electron chi connectivity index (χ0n) is 11.6. The third-order valence-corrected chi connectivity index (χ3v) is 3.54. The number of rotatable bonds is 2. The maximum atomic E-state index is 13.3. The largest absolute Gasteiger partial charge is 0.211 e. The monoisotopic (exact) mass is 312 g/mol. The van der Waals surface area contributed by atoms with Crippen LogP contribution in [0.4, 0.5) is 4.39 Å². The van der Waals surface area contributed by atoms with E-state index in [0.29, 0.717) is 11.4 Å². The molecule has 1 heterocycles. The van der Waals surface area contributed by atoms with Crippen molar-refractivity contribution in [2.45, 2.75) is 6.92 Å². The van der Waals surface area contributed by atoms with Crippen molar-refractivity contribution in [1.82, 2.24) is 15.0 Å². The van der Waals surface area contributed by atoms with Gasteiger partial charge in [-0.25, -0.2) is 9.07 Å². The summed E-state index contributed by atoms with van der Waals surface area (Å²) in [6, 6.07) is 13.9. The molecule has 4 nitrogen and oxygen atoms in total. The maximum Gasteiger partial charge on any atom is 0.191 e. The molecule has 0 aliphatic carbocycles. The van der Waals surface area contributed by atoms with E-state index >= 15 is 0 Å². The average Bonchev–Trinajstić information content (AvgIpc) is 2.95. The van der Waals surface area contributed by atoms with Gasteiger partial charge in [0.05, 0.1) is 10.7 Å². The van der Waals surface area contributed by atoms with Crippen LogP contribution >= 0.6 is 11.6 Å². The number of nitriles is 1. The van der Waals surface area contributed by atoms with Gasteiger partial charge in [-0.05, 0) is 25.1 Å². The van der Waals surface area contributed by atoms with Gasteiger partial charge in [0.2, 0.25) is 0 Å². The molecule has 3 aromatic rings. The molecule has 0 saturated heterocycles. The Morgan fingerprint density at radius 3 is 2.55 bits per heavy atom. The second-order valence-electron chi connectivity index (χ2n) is 4.77. The summed E-state index contributed by atoms with van der Waals surface area (Å²) in [6.07, 6.45) is 0. The Morgan fingerprint density at radius 2 is 1.91 bits per heavy atom. The lowest BCUT2D eigenvalue weighted by atomic mass is 10.1. The zero-order chi connectivity index (χ0) is 15.7. The van der Waals surface area contributed by atoms with Crippen LogP contribution in [0, 0.1) is 24.1 Å². The Balaban J connectivity index is 2.21. The van der Waals surface area contributed by atoms with Gasteiger partial charge in [-0.15, -0.1) is 5.10 Å². The number of hydrogen-bond acceptors (Lipinski definition) is 3. The van der Waals surface area contributed by atoms with Gasteiger partial charge in [0.25, 0.3) is 0 Å². The first-order chi connectivity index (χ1) is 10.6. The highest BCUT2D eigenvalue weighted by Gasteiger charge is 2.16. The molecule has 22 heavy (non-hydrogen) atoms. The lowest BCUT2D eigenvalue weighted by Crippen LogP contribution is -2.00. The van der Waals surface area contributed by atoms with Crippen LogP contribution in [0.3, 0.4) is 0 Å². The molecule has 0 spiro atoms. The minimum atomic E-state index is -0.511. The van der Waals surface area contributed by atoms with Gasteiger partial charge in [-0.2, -0.15) is 5.26 Å². The van der Waals surface area contributed by atoms with E-state index in [1.54, 1.807) is 0 Å². The van der Waals surface area contributed by atoms with E-state index in [1.165, 1.54) is 22.9 Å². The molecule has 0 saturated carbocycles. The fourth-order valence-corrected chi connectivity index (χ4v) is 2.30. The van der Waals surface area contributed by atoms with E-state index in [-0.39, 0.29) is 10.7 Å². The molecular formula is C16H10ClFN4. The minimum absolute atomic E-state index is 0.0126. The van der Waals surface area contributed by atoms with Crippen molar-refractivity contribution in [3.05, 3.63) is 64.6 Å². The zero-order valence-corrected chi connectivity index (χ0v) is 12.3. The quantitative estimate of drug-likeness (QED) is 0.721. The number of aryl methyl sites for hydroxylation is 1. The molecule has 0 N–H and O–H groups in total. The second-order valence-corrected chi connectivity index (χ2v) is 5.18. The number of aromatic nitrogens is 3. The number of nitrogens with zero attached hydrogens (tertiary/aromatic N) is 4. The molecule has 0 bridgehead atoms. The van der Waals surface area contributed by atoms with Crippen LogP contribution in [-0.2, 0) is 0 Å². The van der Waals surface area contributed by atoms with Crippen LogP contribution in [0.2, 0.25) is 5.02 Å². The molecule has 108 valence electrons. The summed E-state index contributed by atoms with van der Waals surface area (Å²) >= 11 is 5.82. The first-order valence-corrected chi connectivity index (χ1v) is 6.86. The Kier molecular flexibility index (Phi) is 3.61. The van der Waals surface area contributed by atoms with E-state index in [1.807, 2.05) is 37.3 Å². The van der Waals surface area contributed by atoms with Crippen LogP contribution in [0.25, 0.3) is 16.9 Å². The van der Waals surface area contributed by atoms with E-state index in [2.05, 4.69) is 10.3 Å². The normalized spacial score (nSPS) is 10.5. The first kappa shape index (κ1) is 14.2. The molecule has 0 atom stereocenters. The van der Waals surface area contributed by atoms with Gasteiger partial charge in [0.15, 0.2) is 5.69 Å². The number of benzene rings is 2. The van der Waals surface area contributed by atoms with Gasteiger partial charge in [0.1, 0.15) is 17.6 Å². The molecule has 0 aliphatic heterocycles. The lowest BCUT2D eigenvalue weighted by Gasteiger charge is -2.08. The summed E-state index contributed by atoms with van der Waals surface area (Å²) in [6.45, 7) is 1.98. The van der Waals surface area contributed by atoms with Crippen molar-refractivity contribution in [3.8, 4) is 23.0 Å². The van der Waals surface area contributed by atoms with Crippen LogP contribution < -0.4 is 0 Å². The van der Waals surface area contributed by atoms with Crippen LogP contribution in [0.1, 0.15) is 11.3 Å². The molecule has 3 rings (SSSR count). The molecule has 0 radical (unpaired) electrons. The average molecular weight is 313 g/mol.